The van der Waals surface area contributed by atoms with Gasteiger partial charge in [0.25, 0.3) is 0 Å². The van der Waals surface area contributed by atoms with Gasteiger partial charge in [0.05, 0.1) is 5.37 Å². The summed E-state index contributed by atoms with van der Waals surface area (Å²) in [6.07, 6.45) is 0.705. The van der Waals surface area contributed by atoms with Gasteiger partial charge in [-0.1, -0.05) is 0 Å². The van der Waals surface area contributed by atoms with Gasteiger partial charge in [0.15, 0.2) is 0 Å². The molecule has 54 valence electrons. The van der Waals surface area contributed by atoms with E-state index >= 15 is 0 Å². The van der Waals surface area contributed by atoms with E-state index in [1.807, 2.05) is 10.8 Å². The molecule has 3 nitrogen and oxygen atoms in total. The standard InChI is InChI=1S/C5H7N3S2/c6-3-9-2-1-5(8)10-4-7/h5H,1-2,8H2. The monoisotopic (exact) mass is 173 g/mol. The lowest BCUT2D eigenvalue weighted by molar-refractivity contribution is 0.884. The van der Waals surface area contributed by atoms with E-state index in [9.17, 15) is 0 Å². The molecule has 2 N–H and O–H groups in total. The average molecular weight is 173 g/mol. The lowest BCUT2D eigenvalue weighted by atomic mass is 10.5. The molecule has 5 heteroatoms. The number of hydrogen-bond donors (Lipinski definition) is 1. The smallest absolute Gasteiger partial charge is 0.134 e. The van der Waals surface area contributed by atoms with E-state index in [1.54, 1.807) is 0 Å². The van der Waals surface area contributed by atoms with Crippen LogP contribution in [0.3, 0.4) is 0 Å². The number of nitrogens with two attached hydrogens (primary N) is 1. The van der Waals surface area contributed by atoms with Crippen LogP contribution in [0, 0.1) is 21.3 Å². The normalized spacial score (nSPS) is 11.5. The van der Waals surface area contributed by atoms with Crippen LogP contribution in [0.4, 0.5) is 0 Å². The predicted molar refractivity (Wildman–Crippen MR) is 43.9 cm³/mol. The molecule has 1 atom stereocenters. The average Bonchev–Trinajstić information content (AvgIpc) is 1.89. The van der Waals surface area contributed by atoms with E-state index < -0.39 is 0 Å². The summed E-state index contributed by atoms with van der Waals surface area (Å²) >= 11 is 2.21. The van der Waals surface area contributed by atoms with Crippen LogP contribution in [-0.2, 0) is 0 Å². The Morgan fingerprint density at radius 1 is 1.40 bits per heavy atom. The molecule has 0 fully saturated rings. The first-order valence-electron chi connectivity index (χ1n) is 2.62. The quantitative estimate of drug-likeness (QED) is 0.391. The summed E-state index contributed by atoms with van der Waals surface area (Å²) in [7, 11) is 0. The molecule has 0 spiro atoms. The lowest BCUT2D eigenvalue weighted by Gasteiger charge is -2.01. The minimum atomic E-state index is -0.147. The Morgan fingerprint density at radius 2 is 2.10 bits per heavy atom. The first kappa shape index (κ1) is 9.64. The molecular formula is C5H7N3S2. The van der Waals surface area contributed by atoms with Crippen molar-refractivity contribution >= 4 is 23.5 Å². The largest absolute Gasteiger partial charge is 0.318 e. The zero-order chi connectivity index (χ0) is 7.82. The molecule has 0 aromatic heterocycles. The Bertz CT molecular complexity index is 157. The molecule has 0 aliphatic heterocycles. The molecule has 0 aliphatic rings. The Morgan fingerprint density at radius 3 is 2.60 bits per heavy atom. The van der Waals surface area contributed by atoms with Gasteiger partial charge in [0.2, 0.25) is 0 Å². The summed E-state index contributed by atoms with van der Waals surface area (Å²) in [5.74, 6) is 0.701. The minimum absolute atomic E-state index is 0.147. The number of nitriles is 2. The number of thiocyanates is 2. The van der Waals surface area contributed by atoms with Crippen molar-refractivity contribution in [3.8, 4) is 10.8 Å². The molecule has 10 heavy (non-hydrogen) atoms. The summed E-state index contributed by atoms with van der Waals surface area (Å²) in [6, 6.07) is 0. The lowest BCUT2D eigenvalue weighted by Crippen LogP contribution is -2.14. The van der Waals surface area contributed by atoms with Gasteiger partial charge in [-0.3, -0.25) is 0 Å². The van der Waals surface area contributed by atoms with E-state index in [4.69, 9.17) is 16.3 Å². The Balaban J connectivity index is 3.16. The van der Waals surface area contributed by atoms with Gasteiger partial charge in [-0.05, 0) is 29.9 Å². The highest BCUT2D eigenvalue weighted by molar-refractivity contribution is 8.04. The summed E-state index contributed by atoms with van der Waals surface area (Å²) in [5.41, 5.74) is 5.44. The van der Waals surface area contributed by atoms with Gasteiger partial charge in [-0.2, -0.15) is 10.5 Å². The van der Waals surface area contributed by atoms with Gasteiger partial charge in [-0.25, -0.2) is 0 Å². The van der Waals surface area contributed by atoms with E-state index in [1.165, 1.54) is 11.8 Å². The van der Waals surface area contributed by atoms with E-state index in [2.05, 4.69) is 0 Å². The van der Waals surface area contributed by atoms with Crippen LogP contribution >= 0.6 is 23.5 Å². The third-order valence-electron chi connectivity index (χ3n) is 0.773. The molecule has 0 aromatic rings. The fraction of sp³-hybridized carbons (Fsp3) is 0.600. The highest BCUT2D eigenvalue weighted by Gasteiger charge is 2.00. The third kappa shape index (κ3) is 5.77. The van der Waals surface area contributed by atoms with Crippen molar-refractivity contribution in [2.45, 2.75) is 11.8 Å². The minimum Gasteiger partial charge on any atom is -0.318 e. The zero-order valence-electron chi connectivity index (χ0n) is 5.28. The second-order valence-corrected chi connectivity index (χ2v) is 3.38. The molecule has 0 saturated heterocycles. The van der Waals surface area contributed by atoms with Crippen LogP contribution in [0.15, 0.2) is 0 Å². The predicted octanol–water partition coefficient (Wildman–Crippen LogP) is 1.09. The van der Waals surface area contributed by atoms with Crippen LogP contribution in [0.2, 0.25) is 0 Å². The second-order valence-electron chi connectivity index (χ2n) is 1.48. The second kappa shape index (κ2) is 6.76. The van der Waals surface area contributed by atoms with Crippen molar-refractivity contribution in [3.05, 3.63) is 0 Å². The van der Waals surface area contributed by atoms with Gasteiger partial charge >= 0.3 is 0 Å². The molecular weight excluding hydrogens is 166 g/mol. The van der Waals surface area contributed by atoms with Crippen molar-refractivity contribution in [1.82, 2.24) is 0 Å². The summed E-state index contributed by atoms with van der Waals surface area (Å²) in [6.45, 7) is 0. The van der Waals surface area contributed by atoms with Gasteiger partial charge in [-0.15, -0.1) is 0 Å². The molecule has 0 saturated carbocycles. The summed E-state index contributed by atoms with van der Waals surface area (Å²) in [4.78, 5) is 0. The topological polar surface area (TPSA) is 73.6 Å². The number of hydrogen-bond acceptors (Lipinski definition) is 5. The van der Waals surface area contributed by atoms with Crippen molar-refractivity contribution < 1.29 is 0 Å². The van der Waals surface area contributed by atoms with Crippen LogP contribution in [0.25, 0.3) is 0 Å². The molecule has 0 radical (unpaired) electrons. The SMILES string of the molecule is N#CSCCC(N)SC#N. The maximum Gasteiger partial charge on any atom is 0.134 e. The van der Waals surface area contributed by atoms with E-state index in [0.717, 1.165) is 11.8 Å². The Labute approximate surface area is 68.6 Å². The Hall–Kier alpha value is -0.360. The first-order valence-corrected chi connectivity index (χ1v) is 4.49. The van der Waals surface area contributed by atoms with Gasteiger partial charge < -0.3 is 5.73 Å². The summed E-state index contributed by atoms with van der Waals surface area (Å²) in [5, 5.41) is 19.9. The van der Waals surface area contributed by atoms with Crippen molar-refractivity contribution in [2.24, 2.45) is 5.73 Å². The highest BCUT2D eigenvalue weighted by atomic mass is 32.2. The number of nitrogens with zero attached hydrogens (tertiary/aromatic N) is 2. The van der Waals surface area contributed by atoms with Crippen LogP contribution in [-0.4, -0.2) is 11.1 Å². The maximum atomic E-state index is 8.15. The molecule has 0 heterocycles. The van der Waals surface area contributed by atoms with Gasteiger partial charge in [0.1, 0.15) is 10.8 Å². The van der Waals surface area contributed by atoms with Crippen LogP contribution < -0.4 is 5.73 Å². The molecule has 0 aliphatic carbocycles. The van der Waals surface area contributed by atoms with Crippen molar-refractivity contribution in [1.29, 1.82) is 10.5 Å². The number of rotatable bonds is 4. The molecule has 1 unspecified atom stereocenters. The molecule has 0 rings (SSSR count). The summed E-state index contributed by atoms with van der Waals surface area (Å²) < 4.78 is 0. The maximum absolute atomic E-state index is 8.15. The molecule has 0 amide bonds. The number of thioether (sulfide) groups is 2. The van der Waals surface area contributed by atoms with E-state index in [0.29, 0.717) is 12.2 Å². The van der Waals surface area contributed by atoms with Gasteiger partial charge in [0, 0.05) is 5.75 Å². The third-order valence-corrected chi connectivity index (χ3v) is 1.99. The molecule has 0 aromatic carbocycles. The van der Waals surface area contributed by atoms with E-state index in [-0.39, 0.29) is 5.37 Å². The van der Waals surface area contributed by atoms with Crippen LogP contribution in [0.1, 0.15) is 6.42 Å². The van der Waals surface area contributed by atoms with Crippen molar-refractivity contribution in [2.75, 3.05) is 5.75 Å². The van der Waals surface area contributed by atoms with Crippen molar-refractivity contribution in [3.63, 3.8) is 0 Å². The highest BCUT2D eigenvalue weighted by Crippen LogP contribution is 2.10. The Kier molecular flexibility index (Phi) is 6.51. The fourth-order valence-corrected chi connectivity index (χ4v) is 1.33. The first-order chi connectivity index (χ1) is 4.81. The molecule has 0 bridgehead atoms. The zero-order valence-corrected chi connectivity index (χ0v) is 6.91. The van der Waals surface area contributed by atoms with Crippen LogP contribution in [0.5, 0.6) is 0 Å². The fourth-order valence-electron chi connectivity index (χ4n) is 0.347.